The van der Waals surface area contributed by atoms with Crippen LogP contribution in [-0.2, 0) is 5.75 Å². The fourth-order valence-electron chi connectivity index (χ4n) is 1.57. The van der Waals surface area contributed by atoms with Crippen LogP contribution in [0.25, 0.3) is 0 Å². The molecule has 0 aliphatic carbocycles. The number of anilines is 1. The number of benzene rings is 2. The Hall–Kier alpha value is -1.72. The second kappa shape index (κ2) is 5.95. The van der Waals surface area contributed by atoms with Gasteiger partial charge in [0.15, 0.2) is 0 Å². The Balaban J connectivity index is 2.14. The third-order valence-electron chi connectivity index (χ3n) is 2.55. The second-order valence-corrected chi connectivity index (χ2v) is 5.31. The third kappa shape index (κ3) is 3.39. The van der Waals surface area contributed by atoms with Crippen molar-refractivity contribution in [2.24, 2.45) is 0 Å². The summed E-state index contributed by atoms with van der Waals surface area (Å²) in [5, 5.41) is 11.4. The van der Waals surface area contributed by atoms with Crippen molar-refractivity contribution in [3.8, 4) is 0 Å². The zero-order valence-corrected chi connectivity index (χ0v) is 11.4. The van der Waals surface area contributed by atoms with Gasteiger partial charge in [0.1, 0.15) is 0 Å². The summed E-state index contributed by atoms with van der Waals surface area (Å²) in [6, 6.07) is 12.0. The van der Waals surface area contributed by atoms with Gasteiger partial charge in [0, 0.05) is 22.3 Å². The highest BCUT2D eigenvalue weighted by Crippen LogP contribution is 2.30. The van der Waals surface area contributed by atoms with Crippen molar-refractivity contribution in [3.63, 3.8) is 0 Å². The Kier molecular flexibility index (Phi) is 4.29. The lowest BCUT2D eigenvalue weighted by atomic mass is 10.2. The molecule has 0 aliphatic rings. The van der Waals surface area contributed by atoms with Crippen LogP contribution in [0.1, 0.15) is 5.56 Å². The third-order valence-corrected chi connectivity index (χ3v) is 3.92. The lowest BCUT2D eigenvalue weighted by molar-refractivity contribution is -0.385. The van der Waals surface area contributed by atoms with E-state index in [1.54, 1.807) is 30.3 Å². The average Bonchev–Trinajstić information content (AvgIpc) is 2.40. The van der Waals surface area contributed by atoms with Crippen LogP contribution in [0.5, 0.6) is 0 Å². The molecule has 0 aliphatic heterocycles. The Labute approximate surface area is 119 Å². The first-order valence-corrected chi connectivity index (χ1v) is 6.84. The molecular formula is C13H11ClN2O2S. The molecular weight excluding hydrogens is 284 g/mol. The second-order valence-electron chi connectivity index (χ2n) is 3.86. The van der Waals surface area contributed by atoms with Crippen LogP contribution >= 0.6 is 23.4 Å². The first-order valence-electron chi connectivity index (χ1n) is 5.48. The topological polar surface area (TPSA) is 69.2 Å². The zero-order valence-electron chi connectivity index (χ0n) is 9.88. The van der Waals surface area contributed by atoms with Crippen molar-refractivity contribution >= 4 is 34.7 Å². The van der Waals surface area contributed by atoms with E-state index in [-0.39, 0.29) is 10.6 Å². The molecule has 2 N–H and O–H groups in total. The van der Waals surface area contributed by atoms with Crippen LogP contribution < -0.4 is 5.73 Å². The molecule has 98 valence electrons. The van der Waals surface area contributed by atoms with Crippen molar-refractivity contribution < 1.29 is 4.92 Å². The SMILES string of the molecule is Nc1ccc(SCc2ccccc2[N+](=O)[O-])cc1Cl. The maximum atomic E-state index is 10.9. The molecule has 0 unspecified atom stereocenters. The van der Waals surface area contributed by atoms with E-state index in [4.69, 9.17) is 17.3 Å². The first-order chi connectivity index (χ1) is 9.08. The highest BCUT2D eigenvalue weighted by atomic mass is 35.5. The molecule has 0 atom stereocenters. The van der Waals surface area contributed by atoms with E-state index in [1.807, 2.05) is 6.07 Å². The molecule has 0 aromatic heterocycles. The highest BCUT2D eigenvalue weighted by molar-refractivity contribution is 7.98. The fourth-order valence-corrected chi connectivity index (χ4v) is 2.75. The lowest BCUT2D eigenvalue weighted by Gasteiger charge is -2.05. The van der Waals surface area contributed by atoms with E-state index in [2.05, 4.69) is 0 Å². The molecule has 2 rings (SSSR count). The summed E-state index contributed by atoms with van der Waals surface area (Å²) in [6.07, 6.45) is 0. The molecule has 0 spiro atoms. The molecule has 4 nitrogen and oxygen atoms in total. The smallest absolute Gasteiger partial charge is 0.273 e. The maximum absolute atomic E-state index is 10.9. The van der Waals surface area contributed by atoms with Crippen molar-refractivity contribution in [1.82, 2.24) is 0 Å². The largest absolute Gasteiger partial charge is 0.398 e. The van der Waals surface area contributed by atoms with Crippen LogP contribution in [-0.4, -0.2) is 4.92 Å². The molecule has 19 heavy (non-hydrogen) atoms. The quantitative estimate of drug-likeness (QED) is 0.398. The summed E-state index contributed by atoms with van der Waals surface area (Å²) >= 11 is 7.41. The number of nitro groups is 1. The van der Waals surface area contributed by atoms with Crippen LogP contribution in [0.4, 0.5) is 11.4 Å². The van der Waals surface area contributed by atoms with E-state index in [9.17, 15) is 10.1 Å². The number of hydrogen-bond donors (Lipinski definition) is 1. The number of hydrogen-bond acceptors (Lipinski definition) is 4. The van der Waals surface area contributed by atoms with E-state index >= 15 is 0 Å². The summed E-state index contributed by atoms with van der Waals surface area (Å²) in [6.45, 7) is 0. The molecule has 0 fully saturated rings. The van der Waals surface area contributed by atoms with Gasteiger partial charge in [0.25, 0.3) is 5.69 Å². The Bertz CT molecular complexity index is 619. The monoisotopic (exact) mass is 294 g/mol. The summed E-state index contributed by atoms with van der Waals surface area (Å²) in [5.41, 5.74) is 6.98. The number of nitro benzene ring substituents is 1. The molecule has 0 saturated carbocycles. The lowest BCUT2D eigenvalue weighted by Crippen LogP contribution is -1.93. The molecule has 0 saturated heterocycles. The highest BCUT2D eigenvalue weighted by Gasteiger charge is 2.12. The minimum atomic E-state index is -0.369. The molecule has 0 bridgehead atoms. The van der Waals surface area contributed by atoms with Gasteiger partial charge in [0.05, 0.1) is 15.6 Å². The van der Waals surface area contributed by atoms with Crippen molar-refractivity contribution in [3.05, 3.63) is 63.2 Å². The Morgan fingerprint density at radius 2 is 2.00 bits per heavy atom. The maximum Gasteiger partial charge on any atom is 0.273 e. The number of para-hydroxylation sites is 1. The Morgan fingerprint density at radius 3 is 2.68 bits per heavy atom. The Morgan fingerprint density at radius 1 is 1.26 bits per heavy atom. The molecule has 0 amide bonds. The molecule has 0 heterocycles. The van der Waals surface area contributed by atoms with E-state index < -0.39 is 0 Å². The average molecular weight is 295 g/mol. The van der Waals surface area contributed by atoms with Gasteiger partial charge in [-0.1, -0.05) is 29.8 Å². The minimum Gasteiger partial charge on any atom is -0.398 e. The summed E-state index contributed by atoms with van der Waals surface area (Å²) in [4.78, 5) is 11.4. The van der Waals surface area contributed by atoms with E-state index in [0.717, 1.165) is 4.90 Å². The number of rotatable bonds is 4. The van der Waals surface area contributed by atoms with Crippen LogP contribution in [0.2, 0.25) is 5.02 Å². The number of nitrogens with two attached hydrogens (primary N) is 1. The molecule has 2 aromatic rings. The van der Waals surface area contributed by atoms with Crippen molar-refractivity contribution in [2.75, 3.05) is 5.73 Å². The fraction of sp³-hybridized carbons (Fsp3) is 0.0769. The predicted octanol–water partition coefficient (Wildman–Crippen LogP) is 4.12. The normalized spacial score (nSPS) is 10.4. The summed E-state index contributed by atoms with van der Waals surface area (Å²) < 4.78 is 0. The van der Waals surface area contributed by atoms with Gasteiger partial charge in [0.2, 0.25) is 0 Å². The number of nitrogens with zero attached hydrogens (tertiary/aromatic N) is 1. The van der Waals surface area contributed by atoms with Gasteiger partial charge in [-0.2, -0.15) is 0 Å². The molecule has 6 heteroatoms. The van der Waals surface area contributed by atoms with Crippen LogP contribution in [0.15, 0.2) is 47.4 Å². The summed E-state index contributed by atoms with van der Waals surface area (Å²) in [5.74, 6) is 0.511. The standard InChI is InChI=1S/C13H11ClN2O2S/c14-11-7-10(5-6-12(11)15)19-8-9-3-1-2-4-13(9)16(17)18/h1-7H,8,15H2. The van der Waals surface area contributed by atoms with Crippen molar-refractivity contribution in [1.29, 1.82) is 0 Å². The van der Waals surface area contributed by atoms with Crippen molar-refractivity contribution in [2.45, 2.75) is 10.6 Å². The molecule has 2 aromatic carbocycles. The van der Waals surface area contributed by atoms with Gasteiger partial charge >= 0.3 is 0 Å². The summed E-state index contributed by atoms with van der Waals surface area (Å²) in [7, 11) is 0. The first kappa shape index (κ1) is 13.7. The predicted molar refractivity (Wildman–Crippen MR) is 78.5 cm³/mol. The van der Waals surface area contributed by atoms with E-state index in [0.29, 0.717) is 22.0 Å². The van der Waals surface area contributed by atoms with E-state index in [1.165, 1.54) is 17.8 Å². The van der Waals surface area contributed by atoms with Gasteiger partial charge < -0.3 is 5.73 Å². The van der Waals surface area contributed by atoms with Gasteiger partial charge in [-0.3, -0.25) is 10.1 Å². The van der Waals surface area contributed by atoms with Gasteiger partial charge in [-0.15, -0.1) is 11.8 Å². The number of halogens is 1. The zero-order chi connectivity index (χ0) is 13.8. The van der Waals surface area contributed by atoms with Crippen LogP contribution in [0, 0.1) is 10.1 Å². The van der Waals surface area contributed by atoms with Gasteiger partial charge in [-0.05, 0) is 18.2 Å². The number of thioether (sulfide) groups is 1. The van der Waals surface area contributed by atoms with Crippen LogP contribution in [0.3, 0.4) is 0 Å². The number of nitrogen functional groups attached to an aromatic ring is 1. The minimum absolute atomic E-state index is 0.136. The molecule has 0 radical (unpaired) electrons. The van der Waals surface area contributed by atoms with Gasteiger partial charge in [-0.25, -0.2) is 0 Å².